The molecule has 2 aromatic carbocycles. The quantitative estimate of drug-likeness (QED) is 0.368. The maximum Gasteiger partial charge on any atom is 0.191 e. The van der Waals surface area contributed by atoms with Gasteiger partial charge in [0.05, 0.1) is 5.52 Å². The molecule has 0 aliphatic heterocycles. The summed E-state index contributed by atoms with van der Waals surface area (Å²) in [6.07, 6.45) is 4.90. The van der Waals surface area contributed by atoms with E-state index >= 15 is 0 Å². The molecule has 4 rings (SSSR count). The van der Waals surface area contributed by atoms with Gasteiger partial charge < -0.3 is 15.6 Å². The molecule has 0 saturated carbocycles. The van der Waals surface area contributed by atoms with Crippen molar-refractivity contribution >= 4 is 27.8 Å². The van der Waals surface area contributed by atoms with E-state index in [1.165, 1.54) is 33.0 Å². The molecule has 2 aromatic heterocycles. The minimum atomic E-state index is 0.703. The summed E-state index contributed by atoms with van der Waals surface area (Å²) in [6.45, 7) is 3.65. The number of fused-ring (bicyclic) bond motifs is 2. The van der Waals surface area contributed by atoms with Gasteiger partial charge in [-0.15, -0.1) is 0 Å². The van der Waals surface area contributed by atoms with Crippen LogP contribution in [0.2, 0.25) is 0 Å². The van der Waals surface area contributed by atoms with Crippen molar-refractivity contribution in [3.63, 3.8) is 0 Å². The van der Waals surface area contributed by atoms with Crippen LogP contribution in [-0.4, -0.2) is 29.5 Å². The maximum absolute atomic E-state index is 4.42. The lowest BCUT2D eigenvalue weighted by molar-refractivity contribution is 0.798. The van der Waals surface area contributed by atoms with E-state index in [-0.39, 0.29) is 0 Å². The molecule has 0 unspecified atom stereocenters. The molecule has 0 fully saturated rings. The number of para-hydroxylation sites is 2. The summed E-state index contributed by atoms with van der Waals surface area (Å²) >= 11 is 0. The molecule has 0 atom stereocenters. The van der Waals surface area contributed by atoms with Crippen LogP contribution in [0.25, 0.3) is 21.8 Å². The molecule has 0 radical (unpaired) electrons. The number of H-pyrrole nitrogens is 1. The SMILES string of the molecule is CN=C(NCCc1c[nH]c2c(C)cccc12)NCc1ccnc2ccccc12. The van der Waals surface area contributed by atoms with Gasteiger partial charge in [0, 0.05) is 48.8 Å². The summed E-state index contributed by atoms with van der Waals surface area (Å²) in [7, 11) is 1.80. The van der Waals surface area contributed by atoms with Gasteiger partial charge in [-0.05, 0) is 42.2 Å². The minimum absolute atomic E-state index is 0.703. The Morgan fingerprint density at radius 2 is 1.86 bits per heavy atom. The second-order valence-electron chi connectivity index (χ2n) is 6.90. The number of hydrogen-bond acceptors (Lipinski definition) is 2. The first kappa shape index (κ1) is 18.0. The van der Waals surface area contributed by atoms with Crippen LogP contribution in [0.5, 0.6) is 0 Å². The molecule has 2 heterocycles. The highest BCUT2D eigenvalue weighted by Crippen LogP contribution is 2.21. The average Bonchev–Trinajstić information content (AvgIpc) is 3.15. The summed E-state index contributed by atoms with van der Waals surface area (Å²) in [4.78, 5) is 12.2. The zero-order valence-corrected chi connectivity index (χ0v) is 16.3. The molecule has 0 aliphatic carbocycles. The molecule has 4 aromatic rings. The second kappa shape index (κ2) is 8.13. The smallest absolute Gasteiger partial charge is 0.191 e. The summed E-state index contributed by atoms with van der Waals surface area (Å²) in [5, 5.41) is 9.29. The first-order valence-electron chi connectivity index (χ1n) is 9.59. The van der Waals surface area contributed by atoms with Gasteiger partial charge in [0.2, 0.25) is 0 Å². The molecule has 3 N–H and O–H groups in total. The summed E-state index contributed by atoms with van der Waals surface area (Å²) in [6, 6.07) is 16.7. The molecular formula is C23H25N5. The van der Waals surface area contributed by atoms with Crippen LogP contribution in [0.1, 0.15) is 16.7 Å². The molecule has 0 saturated heterocycles. The fraction of sp³-hybridized carbons (Fsp3) is 0.217. The average molecular weight is 371 g/mol. The number of hydrogen-bond donors (Lipinski definition) is 3. The number of rotatable bonds is 5. The zero-order chi connectivity index (χ0) is 19.3. The van der Waals surface area contributed by atoms with E-state index in [0.717, 1.165) is 24.4 Å². The first-order chi connectivity index (χ1) is 13.8. The molecule has 0 amide bonds. The number of pyridine rings is 1. The van der Waals surface area contributed by atoms with Crippen molar-refractivity contribution in [1.82, 2.24) is 20.6 Å². The fourth-order valence-electron chi connectivity index (χ4n) is 3.60. The van der Waals surface area contributed by atoms with E-state index in [1.807, 2.05) is 24.4 Å². The molecular weight excluding hydrogens is 346 g/mol. The second-order valence-corrected chi connectivity index (χ2v) is 6.90. The van der Waals surface area contributed by atoms with Crippen LogP contribution in [-0.2, 0) is 13.0 Å². The number of benzene rings is 2. The highest BCUT2D eigenvalue weighted by atomic mass is 15.2. The Bertz CT molecular complexity index is 1120. The Morgan fingerprint density at radius 1 is 1.00 bits per heavy atom. The highest BCUT2D eigenvalue weighted by molar-refractivity contribution is 5.86. The minimum Gasteiger partial charge on any atom is -0.361 e. The van der Waals surface area contributed by atoms with Crippen molar-refractivity contribution in [3.8, 4) is 0 Å². The Morgan fingerprint density at radius 3 is 2.75 bits per heavy atom. The fourth-order valence-corrected chi connectivity index (χ4v) is 3.60. The zero-order valence-electron chi connectivity index (χ0n) is 16.3. The third kappa shape index (κ3) is 3.69. The Kier molecular flexibility index (Phi) is 5.24. The molecule has 0 spiro atoms. The normalized spacial score (nSPS) is 11.9. The van der Waals surface area contributed by atoms with Gasteiger partial charge in [-0.3, -0.25) is 9.98 Å². The number of aromatic amines is 1. The Labute approximate surface area is 164 Å². The van der Waals surface area contributed by atoms with Gasteiger partial charge in [-0.25, -0.2) is 0 Å². The first-order valence-corrected chi connectivity index (χ1v) is 9.59. The van der Waals surface area contributed by atoms with E-state index in [9.17, 15) is 0 Å². The molecule has 142 valence electrons. The van der Waals surface area contributed by atoms with Crippen LogP contribution in [0.15, 0.2) is 65.9 Å². The lowest BCUT2D eigenvalue weighted by atomic mass is 10.1. The third-order valence-electron chi connectivity index (χ3n) is 5.11. The Balaban J connectivity index is 1.37. The van der Waals surface area contributed by atoms with Crippen molar-refractivity contribution < 1.29 is 0 Å². The summed E-state index contributed by atoms with van der Waals surface area (Å²) < 4.78 is 0. The number of aromatic nitrogens is 2. The highest BCUT2D eigenvalue weighted by Gasteiger charge is 2.06. The Hall–Kier alpha value is -3.34. The van der Waals surface area contributed by atoms with Gasteiger partial charge in [-0.1, -0.05) is 36.4 Å². The van der Waals surface area contributed by atoms with Crippen LogP contribution in [0.4, 0.5) is 0 Å². The molecule has 0 aliphatic rings. The summed E-state index contributed by atoms with van der Waals surface area (Å²) in [5.74, 6) is 0.803. The topological polar surface area (TPSA) is 65.1 Å². The number of nitrogens with zero attached hydrogens (tertiary/aromatic N) is 2. The van der Waals surface area contributed by atoms with E-state index in [2.05, 4.69) is 69.0 Å². The predicted octanol–water partition coefficient (Wildman–Crippen LogP) is 3.93. The van der Waals surface area contributed by atoms with E-state index < -0.39 is 0 Å². The molecule has 5 heteroatoms. The van der Waals surface area contributed by atoms with Gasteiger partial charge in [0.1, 0.15) is 0 Å². The van der Waals surface area contributed by atoms with E-state index in [1.54, 1.807) is 7.05 Å². The van der Waals surface area contributed by atoms with Crippen molar-refractivity contribution in [2.75, 3.05) is 13.6 Å². The van der Waals surface area contributed by atoms with E-state index in [0.29, 0.717) is 6.54 Å². The van der Waals surface area contributed by atoms with Crippen molar-refractivity contribution in [1.29, 1.82) is 0 Å². The lowest BCUT2D eigenvalue weighted by Gasteiger charge is -2.13. The van der Waals surface area contributed by atoms with Crippen molar-refractivity contribution in [3.05, 3.63) is 77.6 Å². The number of aryl methyl sites for hydroxylation is 1. The maximum atomic E-state index is 4.42. The van der Waals surface area contributed by atoms with Crippen molar-refractivity contribution in [2.45, 2.75) is 19.9 Å². The van der Waals surface area contributed by atoms with Gasteiger partial charge >= 0.3 is 0 Å². The van der Waals surface area contributed by atoms with Gasteiger partial charge in [0.25, 0.3) is 0 Å². The monoisotopic (exact) mass is 371 g/mol. The van der Waals surface area contributed by atoms with Crippen molar-refractivity contribution in [2.24, 2.45) is 4.99 Å². The van der Waals surface area contributed by atoms with Crippen LogP contribution < -0.4 is 10.6 Å². The lowest BCUT2D eigenvalue weighted by Crippen LogP contribution is -2.37. The standard InChI is InChI=1S/C23H25N5/c1-16-6-5-8-20-18(14-27-22(16)20)11-13-26-23(24-2)28-15-17-10-12-25-21-9-4-3-7-19(17)21/h3-10,12,14,27H,11,13,15H2,1-2H3,(H2,24,26,28). The van der Waals surface area contributed by atoms with Crippen LogP contribution in [0.3, 0.4) is 0 Å². The largest absolute Gasteiger partial charge is 0.361 e. The molecule has 28 heavy (non-hydrogen) atoms. The predicted molar refractivity (Wildman–Crippen MR) is 117 cm³/mol. The third-order valence-corrected chi connectivity index (χ3v) is 5.11. The van der Waals surface area contributed by atoms with Crippen LogP contribution >= 0.6 is 0 Å². The van der Waals surface area contributed by atoms with Gasteiger partial charge in [-0.2, -0.15) is 0 Å². The number of nitrogens with one attached hydrogen (secondary N) is 3. The number of aliphatic imine (C=N–C) groups is 1. The number of guanidine groups is 1. The molecule has 5 nitrogen and oxygen atoms in total. The van der Waals surface area contributed by atoms with E-state index in [4.69, 9.17) is 0 Å². The summed E-state index contributed by atoms with van der Waals surface area (Å²) in [5.41, 5.74) is 6.05. The molecule has 0 bridgehead atoms. The van der Waals surface area contributed by atoms with Gasteiger partial charge in [0.15, 0.2) is 5.96 Å². The van der Waals surface area contributed by atoms with Crippen LogP contribution in [0, 0.1) is 6.92 Å².